The van der Waals surface area contributed by atoms with Crippen molar-refractivity contribution >= 4 is 11.9 Å². The monoisotopic (exact) mass is 192 g/mol. The lowest BCUT2D eigenvalue weighted by Gasteiger charge is -2.15. The van der Waals surface area contributed by atoms with Crippen LogP contribution in [0.2, 0.25) is 0 Å². The van der Waals surface area contributed by atoms with Crippen molar-refractivity contribution in [1.82, 2.24) is 0 Å². The first-order valence-electron chi connectivity index (χ1n) is 3.42. The highest BCUT2D eigenvalue weighted by atomic mass is 16.6. The molecule has 1 rings (SSSR count). The van der Waals surface area contributed by atoms with Crippen LogP contribution in [0.15, 0.2) is 0 Å². The summed E-state index contributed by atoms with van der Waals surface area (Å²) in [5.74, 6) is -2.77. The molecule has 13 heavy (non-hydrogen) atoms. The molecule has 0 unspecified atom stereocenters. The van der Waals surface area contributed by atoms with Crippen LogP contribution in [-0.4, -0.2) is 56.8 Å². The Kier molecular flexibility index (Phi) is 2.50. The van der Waals surface area contributed by atoms with Gasteiger partial charge in [-0.1, -0.05) is 0 Å². The van der Waals surface area contributed by atoms with Gasteiger partial charge in [0.25, 0.3) is 0 Å². The van der Waals surface area contributed by atoms with Crippen LogP contribution in [0, 0.1) is 0 Å². The normalized spacial score (nSPS) is 35.6. The Labute approximate surface area is 72.2 Å². The number of carboxylic acids is 1. The van der Waals surface area contributed by atoms with Gasteiger partial charge in [-0.05, 0) is 0 Å². The van der Waals surface area contributed by atoms with Gasteiger partial charge in [0, 0.05) is 0 Å². The Bertz CT molecular complexity index is 237. The molecule has 0 amide bonds. The summed E-state index contributed by atoms with van der Waals surface area (Å²) in [7, 11) is 0. The third-order valence-electron chi connectivity index (χ3n) is 1.72. The number of hydrogen-bond donors (Lipinski definition) is 4. The fourth-order valence-electron chi connectivity index (χ4n) is 0.984. The van der Waals surface area contributed by atoms with Crippen molar-refractivity contribution in [2.24, 2.45) is 0 Å². The van der Waals surface area contributed by atoms with E-state index in [1.165, 1.54) is 0 Å². The molecule has 0 aromatic carbocycles. The van der Waals surface area contributed by atoms with Crippen LogP contribution in [0.1, 0.15) is 0 Å². The van der Waals surface area contributed by atoms with Crippen LogP contribution in [0.25, 0.3) is 0 Å². The van der Waals surface area contributed by atoms with Gasteiger partial charge in [-0.15, -0.1) is 0 Å². The first-order chi connectivity index (χ1) is 5.95. The molecular formula is C6H8O7. The molecule has 1 fully saturated rings. The van der Waals surface area contributed by atoms with Crippen molar-refractivity contribution in [3.8, 4) is 0 Å². The standard InChI is InChI=1S/C6H8O7/c7-1-2(8)6(12)13-4(1)3(9)5(10)11/h1-4,7-9H,(H,10,11)/t1-,2-,3+,4-/m1/s1. The lowest BCUT2D eigenvalue weighted by atomic mass is 10.1. The molecule has 0 bridgehead atoms. The quantitative estimate of drug-likeness (QED) is 0.345. The van der Waals surface area contributed by atoms with E-state index in [4.69, 9.17) is 20.4 Å². The van der Waals surface area contributed by atoms with E-state index in [1.807, 2.05) is 0 Å². The number of carbonyl (C=O) groups is 2. The minimum atomic E-state index is -2.03. The van der Waals surface area contributed by atoms with Gasteiger partial charge in [0.1, 0.15) is 6.10 Å². The number of rotatable bonds is 2. The molecule has 1 aliphatic rings. The predicted octanol–water partition coefficient (Wildman–Crippen LogP) is -2.92. The van der Waals surface area contributed by atoms with Gasteiger partial charge >= 0.3 is 11.9 Å². The largest absolute Gasteiger partial charge is 0.479 e. The van der Waals surface area contributed by atoms with E-state index in [9.17, 15) is 9.59 Å². The number of aliphatic hydroxyl groups is 3. The molecule has 1 aliphatic heterocycles. The summed E-state index contributed by atoms with van der Waals surface area (Å²) in [6.45, 7) is 0. The molecule has 0 aliphatic carbocycles. The number of carbonyl (C=O) groups excluding carboxylic acids is 1. The van der Waals surface area contributed by atoms with Gasteiger partial charge in [-0.2, -0.15) is 0 Å². The maximum atomic E-state index is 10.6. The van der Waals surface area contributed by atoms with Crippen LogP contribution >= 0.6 is 0 Å². The Morgan fingerprint density at radius 3 is 2.31 bits per heavy atom. The maximum Gasteiger partial charge on any atom is 0.338 e. The van der Waals surface area contributed by atoms with Gasteiger partial charge in [-0.25, -0.2) is 9.59 Å². The maximum absolute atomic E-state index is 10.6. The van der Waals surface area contributed by atoms with E-state index in [-0.39, 0.29) is 0 Å². The number of esters is 1. The topological polar surface area (TPSA) is 124 Å². The summed E-state index contributed by atoms with van der Waals surface area (Å²) in [4.78, 5) is 20.8. The predicted molar refractivity (Wildman–Crippen MR) is 35.5 cm³/mol. The smallest absolute Gasteiger partial charge is 0.338 e. The minimum Gasteiger partial charge on any atom is -0.479 e. The fourth-order valence-corrected chi connectivity index (χ4v) is 0.984. The van der Waals surface area contributed by atoms with E-state index in [0.29, 0.717) is 0 Å². The highest BCUT2D eigenvalue weighted by molar-refractivity contribution is 5.80. The number of aliphatic hydroxyl groups excluding tert-OH is 3. The Balaban J connectivity index is 2.73. The number of cyclic esters (lactones) is 1. The molecule has 7 nitrogen and oxygen atoms in total. The number of aliphatic carboxylic acids is 1. The van der Waals surface area contributed by atoms with Gasteiger partial charge in [0.2, 0.25) is 0 Å². The molecule has 1 heterocycles. The lowest BCUT2D eigenvalue weighted by molar-refractivity contribution is -0.161. The molecule has 1 saturated heterocycles. The molecule has 4 N–H and O–H groups in total. The zero-order chi connectivity index (χ0) is 10.2. The Morgan fingerprint density at radius 2 is 2.00 bits per heavy atom. The number of carboxylic acid groups (broad SMARTS) is 1. The van der Waals surface area contributed by atoms with Crippen molar-refractivity contribution in [3.63, 3.8) is 0 Å². The van der Waals surface area contributed by atoms with Crippen LogP contribution in [0.4, 0.5) is 0 Å². The van der Waals surface area contributed by atoms with Gasteiger partial charge in [0.15, 0.2) is 18.3 Å². The van der Waals surface area contributed by atoms with Crippen LogP contribution < -0.4 is 0 Å². The average Bonchev–Trinajstić information content (AvgIpc) is 2.31. The van der Waals surface area contributed by atoms with E-state index < -0.39 is 36.4 Å². The third kappa shape index (κ3) is 1.62. The van der Waals surface area contributed by atoms with Crippen molar-refractivity contribution in [2.75, 3.05) is 0 Å². The zero-order valence-corrected chi connectivity index (χ0v) is 6.32. The highest BCUT2D eigenvalue weighted by Gasteiger charge is 2.48. The fraction of sp³-hybridized carbons (Fsp3) is 0.667. The summed E-state index contributed by atoms with van der Waals surface area (Å²) in [6.07, 6.45) is -7.14. The second-order valence-corrected chi connectivity index (χ2v) is 2.62. The number of hydrogen-bond acceptors (Lipinski definition) is 6. The summed E-state index contributed by atoms with van der Waals surface area (Å²) >= 11 is 0. The van der Waals surface area contributed by atoms with E-state index in [0.717, 1.165) is 0 Å². The summed E-state index contributed by atoms with van der Waals surface area (Å²) in [5.41, 5.74) is 0. The first-order valence-corrected chi connectivity index (χ1v) is 3.42. The molecule has 0 aromatic rings. The van der Waals surface area contributed by atoms with Crippen LogP contribution in [0.3, 0.4) is 0 Å². The highest BCUT2D eigenvalue weighted by Crippen LogP contribution is 2.18. The van der Waals surface area contributed by atoms with Crippen molar-refractivity contribution in [3.05, 3.63) is 0 Å². The summed E-state index contributed by atoms with van der Waals surface area (Å²) in [6, 6.07) is 0. The molecule has 4 atom stereocenters. The van der Waals surface area contributed by atoms with Crippen molar-refractivity contribution in [2.45, 2.75) is 24.4 Å². The van der Waals surface area contributed by atoms with Gasteiger partial charge in [0.05, 0.1) is 0 Å². The lowest BCUT2D eigenvalue weighted by Crippen LogP contribution is -2.42. The zero-order valence-electron chi connectivity index (χ0n) is 6.32. The Morgan fingerprint density at radius 1 is 1.46 bits per heavy atom. The average molecular weight is 192 g/mol. The Hall–Kier alpha value is -1.18. The molecular weight excluding hydrogens is 184 g/mol. The molecule has 74 valence electrons. The van der Waals surface area contributed by atoms with E-state index >= 15 is 0 Å². The third-order valence-corrected chi connectivity index (χ3v) is 1.72. The van der Waals surface area contributed by atoms with Gasteiger partial charge in [-0.3, -0.25) is 0 Å². The first kappa shape index (κ1) is 9.90. The summed E-state index contributed by atoms with van der Waals surface area (Å²) < 4.78 is 4.24. The van der Waals surface area contributed by atoms with E-state index in [1.54, 1.807) is 0 Å². The second kappa shape index (κ2) is 3.29. The van der Waals surface area contributed by atoms with Crippen LogP contribution in [-0.2, 0) is 14.3 Å². The van der Waals surface area contributed by atoms with Crippen molar-refractivity contribution < 1.29 is 34.8 Å². The van der Waals surface area contributed by atoms with Gasteiger partial charge < -0.3 is 25.2 Å². The molecule has 0 radical (unpaired) electrons. The molecule has 0 saturated carbocycles. The SMILES string of the molecule is O=C(O)[C@@H](O)[C@@H]1OC(=O)[C@H](O)[C@H]1O. The van der Waals surface area contributed by atoms with Crippen LogP contribution in [0.5, 0.6) is 0 Å². The van der Waals surface area contributed by atoms with E-state index in [2.05, 4.69) is 4.74 Å². The summed E-state index contributed by atoms with van der Waals surface area (Å²) in [5, 5.41) is 35.0. The number of ether oxygens (including phenoxy) is 1. The minimum absolute atomic E-state index is 1.14. The molecule has 0 spiro atoms. The second-order valence-electron chi connectivity index (χ2n) is 2.62. The van der Waals surface area contributed by atoms with Crippen molar-refractivity contribution in [1.29, 1.82) is 0 Å². The molecule has 7 heteroatoms. The molecule has 0 aromatic heterocycles.